The standard InChI is InChI=1S/C12H22N2O2/c1-5-9(2)12(3,4)7-6-10-13-11(8-15)16-14-10/h9,15H,5-8H2,1-4H3. The number of aryl methyl sites for hydroxylation is 1. The van der Waals surface area contributed by atoms with Gasteiger partial charge in [-0.15, -0.1) is 0 Å². The normalized spacial score (nSPS) is 14.1. The van der Waals surface area contributed by atoms with Crippen LogP contribution < -0.4 is 0 Å². The predicted octanol–water partition coefficient (Wildman–Crippen LogP) is 2.57. The van der Waals surface area contributed by atoms with Gasteiger partial charge in [0.2, 0.25) is 0 Å². The third-order valence-electron chi connectivity index (χ3n) is 3.58. The zero-order valence-corrected chi connectivity index (χ0v) is 10.7. The maximum Gasteiger partial charge on any atom is 0.252 e. The van der Waals surface area contributed by atoms with Crippen molar-refractivity contribution in [1.82, 2.24) is 10.1 Å². The van der Waals surface area contributed by atoms with Gasteiger partial charge >= 0.3 is 0 Å². The van der Waals surface area contributed by atoms with Crippen LogP contribution >= 0.6 is 0 Å². The van der Waals surface area contributed by atoms with E-state index in [0.717, 1.165) is 12.8 Å². The number of aliphatic hydroxyl groups excluding tert-OH is 1. The molecule has 1 unspecified atom stereocenters. The average molecular weight is 226 g/mol. The summed E-state index contributed by atoms with van der Waals surface area (Å²) < 4.78 is 4.85. The fourth-order valence-electron chi connectivity index (χ4n) is 1.69. The van der Waals surface area contributed by atoms with Crippen LogP contribution in [0.2, 0.25) is 0 Å². The largest absolute Gasteiger partial charge is 0.387 e. The van der Waals surface area contributed by atoms with E-state index in [9.17, 15) is 0 Å². The molecule has 1 N–H and O–H groups in total. The van der Waals surface area contributed by atoms with Gasteiger partial charge in [0.25, 0.3) is 5.89 Å². The fourth-order valence-corrected chi connectivity index (χ4v) is 1.69. The highest BCUT2D eigenvalue weighted by Crippen LogP contribution is 2.33. The average Bonchev–Trinajstić information content (AvgIpc) is 2.73. The molecule has 4 nitrogen and oxygen atoms in total. The Bertz CT molecular complexity index is 321. The van der Waals surface area contributed by atoms with Gasteiger partial charge in [0, 0.05) is 6.42 Å². The molecule has 0 aliphatic carbocycles. The van der Waals surface area contributed by atoms with Gasteiger partial charge in [-0.05, 0) is 17.8 Å². The Labute approximate surface area is 97.1 Å². The lowest BCUT2D eigenvalue weighted by atomic mass is 9.75. The van der Waals surface area contributed by atoms with Crippen molar-refractivity contribution in [1.29, 1.82) is 0 Å². The molecular weight excluding hydrogens is 204 g/mol. The van der Waals surface area contributed by atoms with E-state index in [0.29, 0.717) is 17.6 Å². The van der Waals surface area contributed by atoms with E-state index in [1.54, 1.807) is 0 Å². The van der Waals surface area contributed by atoms with Crippen molar-refractivity contribution >= 4 is 0 Å². The van der Waals surface area contributed by atoms with Crippen LogP contribution in [0.4, 0.5) is 0 Å². The van der Waals surface area contributed by atoms with Crippen molar-refractivity contribution in [3.8, 4) is 0 Å². The Hall–Kier alpha value is -0.900. The minimum atomic E-state index is -0.179. The third-order valence-corrected chi connectivity index (χ3v) is 3.58. The molecule has 1 aromatic rings. The molecule has 0 saturated carbocycles. The summed E-state index contributed by atoms with van der Waals surface area (Å²) in [6.07, 6.45) is 3.02. The maximum absolute atomic E-state index is 8.81. The fraction of sp³-hybridized carbons (Fsp3) is 0.833. The SMILES string of the molecule is CCC(C)C(C)(C)CCc1noc(CO)n1. The number of hydrogen-bond donors (Lipinski definition) is 1. The first-order chi connectivity index (χ1) is 7.49. The zero-order chi connectivity index (χ0) is 12.2. The number of rotatable bonds is 6. The zero-order valence-electron chi connectivity index (χ0n) is 10.7. The molecule has 0 bridgehead atoms. The molecule has 0 fully saturated rings. The number of aliphatic hydroxyl groups is 1. The minimum Gasteiger partial charge on any atom is -0.387 e. The highest BCUT2D eigenvalue weighted by atomic mass is 16.5. The maximum atomic E-state index is 8.81. The van der Waals surface area contributed by atoms with Crippen molar-refractivity contribution < 1.29 is 9.63 Å². The van der Waals surface area contributed by atoms with E-state index in [2.05, 4.69) is 37.8 Å². The van der Waals surface area contributed by atoms with Gasteiger partial charge in [0.15, 0.2) is 5.82 Å². The van der Waals surface area contributed by atoms with E-state index in [-0.39, 0.29) is 12.0 Å². The van der Waals surface area contributed by atoms with Crippen molar-refractivity contribution in [3.05, 3.63) is 11.7 Å². The van der Waals surface area contributed by atoms with E-state index in [4.69, 9.17) is 9.63 Å². The summed E-state index contributed by atoms with van der Waals surface area (Å²) in [5.74, 6) is 1.67. The molecule has 1 heterocycles. The molecule has 1 rings (SSSR count). The highest BCUT2D eigenvalue weighted by Gasteiger charge is 2.24. The molecule has 0 saturated heterocycles. The summed E-state index contributed by atoms with van der Waals surface area (Å²) in [6, 6.07) is 0. The smallest absolute Gasteiger partial charge is 0.252 e. The Balaban J connectivity index is 2.50. The molecule has 0 radical (unpaired) electrons. The second kappa shape index (κ2) is 5.43. The van der Waals surface area contributed by atoms with Crippen LogP contribution in [0.15, 0.2) is 4.52 Å². The van der Waals surface area contributed by atoms with E-state index in [1.165, 1.54) is 6.42 Å². The monoisotopic (exact) mass is 226 g/mol. The van der Waals surface area contributed by atoms with Gasteiger partial charge in [-0.25, -0.2) is 0 Å². The molecule has 16 heavy (non-hydrogen) atoms. The van der Waals surface area contributed by atoms with Crippen LogP contribution in [0.1, 0.15) is 52.3 Å². The Morgan fingerprint density at radius 1 is 1.44 bits per heavy atom. The molecule has 0 aliphatic rings. The summed E-state index contributed by atoms with van der Waals surface area (Å²) >= 11 is 0. The first-order valence-electron chi connectivity index (χ1n) is 5.92. The lowest BCUT2D eigenvalue weighted by molar-refractivity contribution is 0.204. The quantitative estimate of drug-likeness (QED) is 0.810. The van der Waals surface area contributed by atoms with Gasteiger partial charge in [-0.2, -0.15) is 4.98 Å². The summed E-state index contributed by atoms with van der Waals surface area (Å²) in [6.45, 7) is 8.85. The van der Waals surface area contributed by atoms with E-state index in [1.807, 2.05) is 0 Å². The summed E-state index contributed by atoms with van der Waals surface area (Å²) in [5, 5.41) is 12.6. The molecule has 0 amide bonds. The van der Waals surface area contributed by atoms with Gasteiger partial charge in [0.05, 0.1) is 0 Å². The van der Waals surface area contributed by atoms with Crippen molar-refractivity contribution in [2.45, 2.75) is 53.6 Å². The Morgan fingerprint density at radius 2 is 2.12 bits per heavy atom. The summed E-state index contributed by atoms with van der Waals surface area (Å²) in [7, 11) is 0. The van der Waals surface area contributed by atoms with Crippen molar-refractivity contribution in [2.75, 3.05) is 0 Å². The third kappa shape index (κ3) is 3.30. The lowest BCUT2D eigenvalue weighted by Gasteiger charge is -2.30. The van der Waals surface area contributed by atoms with Crippen LogP contribution in [-0.2, 0) is 13.0 Å². The number of nitrogens with zero attached hydrogens (tertiary/aromatic N) is 2. The minimum absolute atomic E-state index is 0.179. The van der Waals surface area contributed by atoms with Crippen LogP contribution in [0.3, 0.4) is 0 Å². The molecule has 1 aromatic heterocycles. The van der Waals surface area contributed by atoms with E-state index < -0.39 is 0 Å². The van der Waals surface area contributed by atoms with Crippen molar-refractivity contribution in [3.63, 3.8) is 0 Å². The van der Waals surface area contributed by atoms with Crippen LogP contribution in [0, 0.1) is 11.3 Å². The van der Waals surface area contributed by atoms with Crippen LogP contribution in [-0.4, -0.2) is 15.2 Å². The Kier molecular flexibility index (Phi) is 4.47. The second-order valence-corrected chi connectivity index (χ2v) is 5.06. The summed E-state index contributed by atoms with van der Waals surface area (Å²) in [5.41, 5.74) is 0.286. The van der Waals surface area contributed by atoms with Crippen molar-refractivity contribution in [2.24, 2.45) is 11.3 Å². The van der Waals surface area contributed by atoms with E-state index >= 15 is 0 Å². The molecule has 92 valence electrons. The van der Waals surface area contributed by atoms with Gasteiger partial charge in [0.1, 0.15) is 6.61 Å². The molecule has 1 atom stereocenters. The van der Waals surface area contributed by atoms with Gasteiger partial charge in [-0.1, -0.05) is 39.3 Å². The number of hydrogen-bond acceptors (Lipinski definition) is 4. The molecule has 0 spiro atoms. The summed E-state index contributed by atoms with van der Waals surface area (Å²) in [4.78, 5) is 4.09. The second-order valence-electron chi connectivity index (χ2n) is 5.06. The van der Waals surface area contributed by atoms with Crippen LogP contribution in [0.5, 0.6) is 0 Å². The Morgan fingerprint density at radius 3 is 2.62 bits per heavy atom. The molecule has 0 aliphatic heterocycles. The van der Waals surface area contributed by atoms with Crippen LogP contribution in [0.25, 0.3) is 0 Å². The number of aromatic nitrogens is 2. The van der Waals surface area contributed by atoms with Gasteiger partial charge in [-0.3, -0.25) is 0 Å². The topological polar surface area (TPSA) is 59.2 Å². The molecule has 4 heteroatoms. The van der Waals surface area contributed by atoms with Gasteiger partial charge < -0.3 is 9.63 Å². The highest BCUT2D eigenvalue weighted by molar-refractivity contribution is 4.87. The first kappa shape index (κ1) is 13.2. The lowest BCUT2D eigenvalue weighted by Crippen LogP contribution is -2.22. The first-order valence-corrected chi connectivity index (χ1v) is 5.92. The predicted molar refractivity (Wildman–Crippen MR) is 61.8 cm³/mol. The molecular formula is C12H22N2O2. The molecule has 0 aromatic carbocycles.